The average molecular weight is 490 g/mol. The first-order valence-electron chi connectivity index (χ1n) is 10.8. The van der Waals surface area contributed by atoms with Gasteiger partial charge in [-0.05, 0) is 36.6 Å². The van der Waals surface area contributed by atoms with E-state index >= 15 is 0 Å². The molecule has 0 atom stereocenters. The first-order chi connectivity index (χ1) is 16.2. The molecule has 1 aromatic carbocycles. The molecule has 0 unspecified atom stereocenters. The molecule has 3 aromatic rings. The fourth-order valence-electron chi connectivity index (χ4n) is 3.56. The summed E-state index contributed by atoms with van der Waals surface area (Å²) in [5, 5.41) is 1.20. The second kappa shape index (κ2) is 11.2. The van der Waals surface area contributed by atoms with E-state index in [9.17, 15) is 14.4 Å². The lowest BCUT2D eigenvalue weighted by Crippen LogP contribution is -2.43. The van der Waals surface area contributed by atoms with Crippen LogP contribution >= 0.6 is 11.6 Å². The number of aromatic amines is 1. The van der Waals surface area contributed by atoms with Gasteiger partial charge < -0.3 is 20.1 Å². The molecule has 10 nitrogen and oxygen atoms in total. The number of nitrogens with zero attached hydrogens (tertiary/aromatic N) is 3. The number of amides is 1. The Balaban J connectivity index is 1.94. The van der Waals surface area contributed by atoms with Crippen molar-refractivity contribution in [2.75, 3.05) is 37.5 Å². The highest BCUT2D eigenvalue weighted by molar-refractivity contribution is 6.35. The number of carbonyl (C=O) groups excluding carboxylic acids is 1. The van der Waals surface area contributed by atoms with Crippen molar-refractivity contribution in [3.05, 3.63) is 56.3 Å². The highest BCUT2D eigenvalue weighted by Gasteiger charge is 2.25. The van der Waals surface area contributed by atoms with Crippen LogP contribution in [-0.4, -0.2) is 47.3 Å². The molecule has 182 valence electrons. The molecule has 1 amide bonds. The summed E-state index contributed by atoms with van der Waals surface area (Å²) in [4.78, 5) is 46.1. The number of hydrogen-bond donors (Lipinski definition) is 2. The van der Waals surface area contributed by atoms with E-state index in [1.165, 1.54) is 16.6 Å². The molecule has 0 saturated heterocycles. The summed E-state index contributed by atoms with van der Waals surface area (Å²) in [6, 6.07) is 6.84. The van der Waals surface area contributed by atoms with Crippen LogP contribution in [-0.2, 0) is 16.1 Å². The van der Waals surface area contributed by atoms with E-state index in [1.54, 1.807) is 30.5 Å². The van der Waals surface area contributed by atoms with Gasteiger partial charge in [0.05, 0.1) is 5.02 Å². The molecule has 3 rings (SSSR count). The standard InChI is InChI=1S/C23H28ClN5O5/c1-14(2)12-29-21(25)20(22(31)27-23(29)32)28(10-5-11-33-3)18(30)13-34-17-8-7-16(24)15-6-4-9-26-19(15)17/h4,6-9,14H,5,10-13,25H2,1-3H3,(H,27,31,32). The van der Waals surface area contributed by atoms with Crippen molar-refractivity contribution in [2.24, 2.45) is 5.92 Å². The molecule has 2 aromatic heterocycles. The Labute approximate surface area is 201 Å². The van der Waals surface area contributed by atoms with E-state index in [1.807, 2.05) is 13.8 Å². The number of anilines is 2. The number of nitrogen functional groups attached to an aromatic ring is 1. The van der Waals surface area contributed by atoms with Crippen molar-refractivity contribution in [3.63, 3.8) is 0 Å². The molecule has 0 fully saturated rings. The maximum Gasteiger partial charge on any atom is 0.330 e. The van der Waals surface area contributed by atoms with Crippen LogP contribution in [0.15, 0.2) is 40.1 Å². The van der Waals surface area contributed by atoms with E-state index in [-0.39, 0.29) is 37.1 Å². The average Bonchev–Trinajstić information content (AvgIpc) is 2.80. The van der Waals surface area contributed by atoms with Gasteiger partial charge in [0.25, 0.3) is 11.5 Å². The molecule has 0 aliphatic heterocycles. The summed E-state index contributed by atoms with van der Waals surface area (Å²) in [6.07, 6.45) is 2.04. The van der Waals surface area contributed by atoms with Crippen molar-refractivity contribution in [1.82, 2.24) is 14.5 Å². The predicted molar refractivity (Wildman–Crippen MR) is 132 cm³/mol. The Morgan fingerprint density at radius 3 is 2.76 bits per heavy atom. The Hall–Kier alpha value is -3.37. The number of methoxy groups -OCH3 is 1. The van der Waals surface area contributed by atoms with Gasteiger partial charge in [-0.15, -0.1) is 0 Å². The fraction of sp³-hybridized carbons (Fsp3) is 0.391. The number of aromatic nitrogens is 3. The van der Waals surface area contributed by atoms with E-state index in [2.05, 4.69) is 9.97 Å². The number of halogens is 1. The number of H-pyrrole nitrogens is 1. The summed E-state index contributed by atoms with van der Waals surface area (Å²) < 4.78 is 12.1. The van der Waals surface area contributed by atoms with E-state index in [0.717, 1.165) is 0 Å². The quantitative estimate of drug-likeness (QED) is 0.418. The van der Waals surface area contributed by atoms with Gasteiger partial charge in [0.1, 0.15) is 17.1 Å². The van der Waals surface area contributed by atoms with Crippen molar-refractivity contribution in [1.29, 1.82) is 0 Å². The van der Waals surface area contributed by atoms with Crippen molar-refractivity contribution in [3.8, 4) is 5.75 Å². The van der Waals surface area contributed by atoms with Gasteiger partial charge in [-0.25, -0.2) is 4.79 Å². The van der Waals surface area contributed by atoms with Gasteiger partial charge in [-0.1, -0.05) is 25.4 Å². The van der Waals surface area contributed by atoms with Gasteiger partial charge in [0, 0.05) is 38.4 Å². The molecule has 11 heteroatoms. The number of ether oxygens (including phenoxy) is 2. The third kappa shape index (κ3) is 5.57. The van der Waals surface area contributed by atoms with E-state index < -0.39 is 17.2 Å². The SMILES string of the molecule is COCCCN(C(=O)COc1ccc(Cl)c2cccnc12)c1c(N)n(CC(C)C)c(=O)[nH]c1=O. The Bertz CT molecular complexity index is 1290. The molecule has 3 N–H and O–H groups in total. The van der Waals surface area contributed by atoms with Crippen molar-refractivity contribution in [2.45, 2.75) is 26.8 Å². The third-order valence-electron chi connectivity index (χ3n) is 5.09. The van der Waals surface area contributed by atoms with Gasteiger partial charge in [0.15, 0.2) is 12.3 Å². The lowest BCUT2D eigenvalue weighted by Gasteiger charge is -2.25. The largest absolute Gasteiger partial charge is 0.481 e. The summed E-state index contributed by atoms with van der Waals surface area (Å²) in [5.74, 6) is -0.129. The highest BCUT2D eigenvalue weighted by Crippen LogP contribution is 2.29. The number of pyridine rings is 1. The van der Waals surface area contributed by atoms with Crippen molar-refractivity contribution < 1.29 is 14.3 Å². The molecule has 0 saturated carbocycles. The molecule has 0 bridgehead atoms. The molecule has 0 aliphatic rings. The van der Waals surface area contributed by atoms with Crippen LogP contribution < -0.4 is 26.6 Å². The summed E-state index contributed by atoms with van der Waals surface area (Å²) >= 11 is 6.23. The van der Waals surface area contributed by atoms with Crippen LogP contribution in [0.3, 0.4) is 0 Å². The van der Waals surface area contributed by atoms with Crippen molar-refractivity contribution >= 4 is 39.9 Å². The minimum Gasteiger partial charge on any atom is -0.481 e. The second-order valence-electron chi connectivity index (χ2n) is 8.12. The van der Waals surface area contributed by atoms with Crippen LogP contribution in [0.4, 0.5) is 11.5 Å². The van der Waals surface area contributed by atoms with Gasteiger partial charge in [-0.2, -0.15) is 0 Å². The zero-order valence-electron chi connectivity index (χ0n) is 19.3. The molecule has 2 heterocycles. The zero-order valence-corrected chi connectivity index (χ0v) is 20.1. The monoisotopic (exact) mass is 489 g/mol. The van der Waals surface area contributed by atoms with Crippen LogP contribution in [0.2, 0.25) is 5.02 Å². The van der Waals surface area contributed by atoms with Gasteiger partial charge in [-0.3, -0.25) is 24.1 Å². The summed E-state index contributed by atoms with van der Waals surface area (Å²) in [7, 11) is 1.54. The minimum atomic E-state index is -0.744. The Kier molecular flexibility index (Phi) is 8.30. The zero-order chi connectivity index (χ0) is 24.8. The molecule has 0 aliphatic carbocycles. The second-order valence-corrected chi connectivity index (χ2v) is 8.53. The molecule has 0 radical (unpaired) electrons. The van der Waals surface area contributed by atoms with E-state index in [4.69, 9.17) is 26.8 Å². The number of benzene rings is 1. The first-order valence-corrected chi connectivity index (χ1v) is 11.2. The topological polar surface area (TPSA) is 133 Å². The third-order valence-corrected chi connectivity index (χ3v) is 5.42. The first kappa shape index (κ1) is 25.3. The smallest absolute Gasteiger partial charge is 0.330 e. The number of nitrogens with two attached hydrogens (primary N) is 1. The lowest BCUT2D eigenvalue weighted by molar-refractivity contribution is -0.120. The van der Waals surface area contributed by atoms with Crippen LogP contribution in [0.25, 0.3) is 10.9 Å². The predicted octanol–water partition coefficient (Wildman–Crippen LogP) is 2.42. The highest BCUT2D eigenvalue weighted by atomic mass is 35.5. The maximum absolute atomic E-state index is 13.3. The minimum absolute atomic E-state index is 0.0770. The van der Waals surface area contributed by atoms with Gasteiger partial charge >= 0.3 is 5.69 Å². The summed E-state index contributed by atoms with van der Waals surface area (Å²) in [5.41, 5.74) is 5.27. The van der Waals surface area contributed by atoms with Crippen LogP contribution in [0.5, 0.6) is 5.75 Å². The van der Waals surface area contributed by atoms with Gasteiger partial charge in [0.2, 0.25) is 0 Å². The number of carbonyl (C=O) groups is 1. The summed E-state index contributed by atoms with van der Waals surface area (Å²) in [6.45, 7) is 4.23. The number of rotatable bonds is 10. The fourth-order valence-corrected chi connectivity index (χ4v) is 3.77. The maximum atomic E-state index is 13.3. The molecule has 0 spiro atoms. The van der Waals surface area contributed by atoms with Crippen LogP contribution in [0.1, 0.15) is 20.3 Å². The number of fused-ring (bicyclic) bond motifs is 1. The molecule has 34 heavy (non-hydrogen) atoms. The number of hydrogen-bond acceptors (Lipinski definition) is 7. The normalized spacial score (nSPS) is 11.2. The Morgan fingerprint density at radius 1 is 1.29 bits per heavy atom. The number of nitrogens with one attached hydrogen (secondary N) is 1. The van der Waals surface area contributed by atoms with Crippen LogP contribution in [0, 0.1) is 5.92 Å². The Morgan fingerprint density at radius 2 is 2.06 bits per heavy atom. The molecular weight excluding hydrogens is 462 g/mol. The lowest BCUT2D eigenvalue weighted by atomic mass is 10.2. The van der Waals surface area contributed by atoms with E-state index in [0.29, 0.717) is 34.7 Å². The molecular formula is C23H28ClN5O5.